The first-order valence-corrected chi connectivity index (χ1v) is 9.39. The fraction of sp³-hybridized carbons (Fsp3) is 0.263. The molecular weight excluding hydrogens is 368 g/mol. The predicted octanol–water partition coefficient (Wildman–Crippen LogP) is 1.79. The van der Waals surface area contributed by atoms with Gasteiger partial charge in [0.1, 0.15) is 6.04 Å². The van der Waals surface area contributed by atoms with Gasteiger partial charge in [0.2, 0.25) is 17.7 Å². The van der Waals surface area contributed by atoms with Crippen molar-refractivity contribution < 1.29 is 24.3 Å². The van der Waals surface area contributed by atoms with E-state index in [9.17, 15) is 19.2 Å². The van der Waals surface area contributed by atoms with Crippen LogP contribution in [-0.4, -0.2) is 45.8 Å². The second-order valence-corrected chi connectivity index (χ2v) is 7.45. The molecule has 1 fully saturated rings. The number of carbonyl (C=O) groups excluding carboxylic acids is 3. The summed E-state index contributed by atoms with van der Waals surface area (Å²) in [5.41, 5.74) is 0.503. The van der Waals surface area contributed by atoms with E-state index in [0.29, 0.717) is 5.69 Å². The summed E-state index contributed by atoms with van der Waals surface area (Å²) in [6.07, 6.45) is 0.00272. The first kappa shape index (κ1) is 18.9. The maximum Gasteiger partial charge on any atom is 0.327 e. The summed E-state index contributed by atoms with van der Waals surface area (Å²) >= 11 is 1.07. The number of aliphatic carboxylic acids is 1. The molecule has 2 unspecified atom stereocenters. The van der Waals surface area contributed by atoms with Gasteiger partial charge in [0.15, 0.2) is 0 Å². The van der Waals surface area contributed by atoms with Gasteiger partial charge >= 0.3 is 5.97 Å². The van der Waals surface area contributed by atoms with Crippen LogP contribution in [0.1, 0.15) is 13.3 Å². The van der Waals surface area contributed by atoms with Gasteiger partial charge in [-0.05, 0) is 22.9 Å². The Hall–Kier alpha value is -2.87. The van der Waals surface area contributed by atoms with E-state index < -0.39 is 23.2 Å². The third-order valence-electron chi connectivity index (χ3n) is 4.24. The minimum absolute atomic E-state index is 0.00272. The van der Waals surface area contributed by atoms with Crippen molar-refractivity contribution in [2.45, 2.75) is 24.6 Å². The molecule has 1 heterocycles. The second-order valence-electron chi connectivity index (χ2n) is 6.22. The molecule has 0 bridgehead atoms. The fourth-order valence-electron chi connectivity index (χ4n) is 2.95. The van der Waals surface area contributed by atoms with Crippen LogP contribution >= 0.6 is 11.8 Å². The number of fused-ring (bicyclic) bond motifs is 1. The highest BCUT2D eigenvalue weighted by atomic mass is 32.2. The number of amides is 3. The number of carbonyl (C=O) groups is 4. The monoisotopic (exact) mass is 386 g/mol. The molecule has 2 aromatic carbocycles. The Morgan fingerprint density at radius 3 is 2.59 bits per heavy atom. The Labute approximate surface area is 159 Å². The standard InChI is InChI=1S/C19H18N2O5S/c1-11(22)20-15(19(25)26)10-27-16-9-17(23)21(18(16)24)14-7-6-12-4-2-3-5-13(12)8-14/h2-8,15-16H,9-10H2,1H3,(H,20,22)(H,25,26). The zero-order chi connectivity index (χ0) is 19.6. The average Bonchev–Trinajstić information content (AvgIpc) is 2.91. The number of thioether (sulfide) groups is 1. The first-order chi connectivity index (χ1) is 12.9. The van der Waals surface area contributed by atoms with Crippen LogP contribution in [0.25, 0.3) is 10.8 Å². The predicted molar refractivity (Wildman–Crippen MR) is 103 cm³/mol. The molecule has 1 saturated heterocycles. The van der Waals surface area contributed by atoms with Gasteiger partial charge in [-0.15, -0.1) is 11.8 Å². The van der Waals surface area contributed by atoms with Gasteiger partial charge in [0.05, 0.1) is 10.9 Å². The highest BCUT2D eigenvalue weighted by Crippen LogP contribution is 2.31. The number of carboxylic acid groups (broad SMARTS) is 1. The van der Waals surface area contributed by atoms with E-state index in [2.05, 4.69) is 5.32 Å². The van der Waals surface area contributed by atoms with Crippen LogP contribution in [0, 0.1) is 0 Å². The van der Waals surface area contributed by atoms with Crippen molar-refractivity contribution in [1.82, 2.24) is 5.32 Å². The minimum atomic E-state index is -1.18. The zero-order valence-electron chi connectivity index (χ0n) is 14.5. The lowest BCUT2D eigenvalue weighted by Crippen LogP contribution is -2.42. The van der Waals surface area contributed by atoms with Crippen molar-refractivity contribution in [2.24, 2.45) is 0 Å². The highest BCUT2D eigenvalue weighted by Gasteiger charge is 2.40. The SMILES string of the molecule is CC(=O)NC(CSC1CC(=O)N(c2ccc3ccccc3c2)C1=O)C(=O)O. The molecule has 140 valence electrons. The normalized spacial score (nSPS) is 18.0. The lowest BCUT2D eigenvalue weighted by Gasteiger charge is -2.17. The molecule has 8 heteroatoms. The largest absolute Gasteiger partial charge is 0.480 e. The molecule has 3 amide bonds. The molecule has 7 nitrogen and oxygen atoms in total. The number of hydrogen-bond donors (Lipinski definition) is 2. The van der Waals surface area contributed by atoms with E-state index in [0.717, 1.165) is 27.4 Å². The summed E-state index contributed by atoms with van der Waals surface area (Å²) in [6, 6.07) is 11.9. The van der Waals surface area contributed by atoms with Crippen molar-refractivity contribution >= 4 is 51.9 Å². The van der Waals surface area contributed by atoms with Gasteiger partial charge in [0, 0.05) is 19.1 Å². The number of imide groups is 1. The lowest BCUT2D eigenvalue weighted by atomic mass is 10.1. The Morgan fingerprint density at radius 1 is 1.22 bits per heavy atom. The topological polar surface area (TPSA) is 104 Å². The zero-order valence-corrected chi connectivity index (χ0v) is 15.4. The fourth-order valence-corrected chi connectivity index (χ4v) is 4.11. The molecule has 2 N–H and O–H groups in total. The molecule has 0 aromatic heterocycles. The summed E-state index contributed by atoms with van der Waals surface area (Å²) in [6.45, 7) is 1.23. The molecular formula is C19H18N2O5S. The van der Waals surface area contributed by atoms with Crippen molar-refractivity contribution in [2.75, 3.05) is 10.7 Å². The minimum Gasteiger partial charge on any atom is -0.480 e. The molecule has 1 aliphatic rings. The summed E-state index contributed by atoms with van der Waals surface area (Å²) in [7, 11) is 0. The molecule has 3 rings (SSSR count). The van der Waals surface area contributed by atoms with Crippen LogP contribution in [0.15, 0.2) is 42.5 Å². The van der Waals surface area contributed by atoms with E-state index in [1.165, 1.54) is 6.92 Å². The number of hydrogen-bond acceptors (Lipinski definition) is 5. The molecule has 0 aliphatic carbocycles. The van der Waals surface area contributed by atoms with Gasteiger partial charge < -0.3 is 10.4 Å². The molecule has 0 saturated carbocycles. The number of nitrogens with zero attached hydrogens (tertiary/aromatic N) is 1. The van der Waals surface area contributed by atoms with Crippen molar-refractivity contribution in [1.29, 1.82) is 0 Å². The molecule has 1 aliphatic heterocycles. The van der Waals surface area contributed by atoms with Crippen LogP contribution in [0.5, 0.6) is 0 Å². The molecule has 0 spiro atoms. The van der Waals surface area contributed by atoms with Gasteiger partial charge in [-0.25, -0.2) is 9.69 Å². The third-order valence-corrected chi connectivity index (χ3v) is 5.53. The smallest absolute Gasteiger partial charge is 0.327 e. The third kappa shape index (κ3) is 4.11. The highest BCUT2D eigenvalue weighted by molar-refractivity contribution is 8.00. The number of nitrogens with one attached hydrogen (secondary N) is 1. The number of benzene rings is 2. The number of carboxylic acids is 1. The number of rotatable bonds is 6. The van der Waals surface area contributed by atoms with E-state index in [1.54, 1.807) is 12.1 Å². The van der Waals surface area contributed by atoms with E-state index in [1.807, 2.05) is 30.3 Å². The summed E-state index contributed by atoms with van der Waals surface area (Å²) in [5, 5.41) is 12.7. The molecule has 2 atom stereocenters. The lowest BCUT2D eigenvalue weighted by molar-refractivity contribution is -0.140. The summed E-state index contributed by atoms with van der Waals surface area (Å²) < 4.78 is 0. The second kappa shape index (κ2) is 7.79. The van der Waals surface area contributed by atoms with Crippen molar-refractivity contribution in [3.8, 4) is 0 Å². The van der Waals surface area contributed by atoms with Gasteiger partial charge in [-0.3, -0.25) is 14.4 Å². The van der Waals surface area contributed by atoms with Crippen LogP contribution in [0.2, 0.25) is 0 Å². The average molecular weight is 386 g/mol. The Bertz CT molecular complexity index is 929. The van der Waals surface area contributed by atoms with Crippen LogP contribution in [0.4, 0.5) is 5.69 Å². The van der Waals surface area contributed by atoms with Crippen LogP contribution in [0.3, 0.4) is 0 Å². The first-order valence-electron chi connectivity index (χ1n) is 8.34. The quantitative estimate of drug-likeness (QED) is 0.734. The van der Waals surface area contributed by atoms with E-state index in [-0.39, 0.29) is 24.0 Å². The van der Waals surface area contributed by atoms with E-state index >= 15 is 0 Å². The van der Waals surface area contributed by atoms with Crippen LogP contribution < -0.4 is 10.2 Å². The Kier molecular flexibility index (Phi) is 5.46. The van der Waals surface area contributed by atoms with Gasteiger partial charge in [-0.1, -0.05) is 30.3 Å². The van der Waals surface area contributed by atoms with Crippen LogP contribution in [-0.2, 0) is 19.2 Å². The van der Waals surface area contributed by atoms with Gasteiger partial charge in [-0.2, -0.15) is 0 Å². The van der Waals surface area contributed by atoms with Crippen molar-refractivity contribution in [3.63, 3.8) is 0 Å². The Morgan fingerprint density at radius 2 is 1.93 bits per heavy atom. The maximum absolute atomic E-state index is 12.7. The van der Waals surface area contributed by atoms with Gasteiger partial charge in [0.25, 0.3) is 0 Å². The molecule has 27 heavy (non-hydrogen) atoms. The van der Waals surface area contributed by atoms with Crippen molar-refractivity contribution in [3.05, 3.63) is 42.5 Å². The summed E-state index contributed by atoms with van der Waals surface area (Å²) in [5.74, 6) is -2.33. The Balaban J connectivity index is 1.74. The summed E-state index contributed by atoms with van der Waals surface area (Å²) in [4.78, 5) is 48.6. The number of anilines is 1. The van der Waals surface area contributed by atoms with E-state index in [4.69, 9.17) is 5.11 Å². The maximum atomic E-state index is 12.7. The molecule has 0 radical (unpaired) electrons. The molecule has 2 aromatic rings.